The zero-order chi connectivity index (χ0) is 12.3. The first-order valence-corrected chi connectivity index (χ1v) is 6.29. The average molecular weight is 235 g/mol. The monoisotopic (exact) mass is 235 g/mol. The molecule has 0 saturated heterocycles. The van der Waals surface area contributed by atoms with Crippen LogP contribution in [0.15, 0.2) is 18.2 Å². The number of hydrogen-bond acceptors (Lipinski definition) is 3. The van der Waals surface area contributed by atoms with Gasteiger partial charge in [-0.3, -0.25) is 0 Å². The van der Waals surface area contributed by atoms with E-state index < -0.39 is 0 Å². The smallest absolute Gasteiger partial charge is 0.162 e. The lowest BCUT2D eigenvalue weighted by Crippen LogP contribution is -2.25. The van der Waals surface area contributed by atoms with E-state index in [1.165, 1.54) is 19.3 Å². The van der Waals surface area contributed by atoms with Gasteiger partial charge in [0.2, 0.25) is 0 Å². The maximum Gasteiger partial charge on any atom is 0.162 e. The van der Waals surface area contributed by atoms with Crippen molar-refractivity contribution in [3.63, 3.8) is 0 Å². The van der Waals surface area contributed by atoms with Crippen LogP contribution in [0.4, 0.5) is 0 Å². The number of nitrogens with one attached hydrogen (secondary N) is 1. The summed E-state index contributed by atoms with van der Waals surface area (Å²) in [5.41, 5.74) is 0.906. The van der Waals surface area contributed by atoms with Crippen molar-refractivity contribution in [1.82, 2.24) is 5.32 Å². The summed E-state index contributed by atoms with van der Waals surface area (Å²) in [6.07, 6.45) is 3.79. The summed E-state index contributed by atoms with van der Waals surface area (Å²) in [6.45, 7) is 3.01. The quantitative estimate of drug-likeness (QED) is 0.843. The van der Waals surface area contributed by atoms with E-state index in [1.807, 2.05) is 12.1 Å². The first-order valence-electron chi connectivity index (χ1n) is 6.29. The minimum Gasteiger partial charge on any atom is -0.504 e. The lowest BCUT2D eigenvalue weighted by molar-refractivity contribution is 0.368. The summed E-state index contributed by atoms with van der Waals surface area (Å²) in [4.78, 5) is 0. The fraction of sp³-hybridized carbons (Fsp3) is 0.571. The molecule has 0 bridgehead atoms. The summed E-state index contributed by atoms with van der Waals surface area (Å²) in [6, 6.07) is 6.21. The fourth-order valence-electron chi connectivity index (χ4n) is 2.52. The van der Waals surface area contributed by atoms with Gasteiger partial charge in [-0.1, -0.05) is 19.1 Å². The number of para-hydroxylation sites is 1. The van der Waals surface area contributed by atoms with Crippen LogP contribution >= 0.6 is 0 Å². The number of ether oxygens (including phenoxy) is 1. The molecule has 0 aromatic heterocycles. The molecule has 0 spiro atoms. The molecule has 3 nitrogen and oxygen atoms in total. The van der Waals surface area contributed by atoms with Crippen molar-refractivity contribution in [2.45, 2.75) is 38.8 Å². The van der Waals surface area contributed by atoms with Gasteiger partial charge in [-0.15, -0.1) is 0 Å². The van der Waals surface area contributed by atoms with Gasteiger partial charge in [-0.2, -0.15) is 0 Å². The van der Waals surface area contributed by atoms with Crippen LogP contribution in [0.3, 0.4) is 0 Å². The molecule has 0 radical (unpaired) electrons. The Bertz CT molecular complexity index is 378. The highest BCUT2D eigenvalue weighted by molar-refractivity contribution is 5.45. The molecule has 1 aromatic carbocycles. The summed E-state index contributed by atoms with van der Waals surface area (Å²) in [5, 5.41) is 13.5. The van der Waals surface area contributed by atoms with Crippen LogP contribution < -0.4 is 10.1 Å². The second kappa shape index (κ2) is 5.41. The largest absolute Gasteiger partial charge is 0.504 e. The van der Waals surface area contributed by atoms with Crippen molar-refractivity contribution in [2.24, 2.45) is 5.92 Å². The number of aromatic hydroxyl groups is 1. The molecule has 0 heterocycles. The van der Waals surface area contributed by atoms with Crippen LogP contribution in [-0.2, 0) is 6.54 Å². The van der Waals surface area contributed by atoms with Crippen LogP contribution in [0.1, 0.15) is 31.7 Å². The maximum atomic E-state index is 9.95. The third-order valence-electron chi connectivity index (χ3n) is 3.58. The SMILES string of the molecule is COc1cccc(CNC2CCC(C)C2)c1O. The minimum absolute atomic E-state index is 0.258. The average Bonchev–Trinajstić information content (AvgIpc) is 2.74. The van der Waals surface area contributed by atoms with E-state index >= 15 is 0 Å². The Morgan fingerprint density at radius 1 is 1.41 bits per heavy atom. The van der Waals surface area contributed by atoms with Gasteiger partial charge in [0, 0.05) is 18.2 Å². The molecule has 2 atom stereocenters. The van der Waals surface area contributed by atoms with Crippen LogP contribution in [0, 0.1) is 5.92 Å². The summed E-state index contributed by atoms with van der Waals surface area (Å²) < 4.78 is 5.10. The zero-order valence-electron chi connectivity index (χ0n) is 10.6. The van der Waals surface area contributed by atoms with Crippen LogP contribution in [0.5, 0.6) is 11.5 Å². The van der Waals surface area contributed by atoms with Gasteiger partial charge in [0.25, 0.3) is 0 Å². The second-order valence-corrected chi connectivity index (χ2v) is 4.96. The van der Waals surface area contributed by atoms with Crippen molar-refractivity contribution in [3.05, 3.63) is 23.8 Å². The topological polar surface area (TPSA) is 41.5 Å². The number of phenolic OH excluding ortho intramolecular Hbond substituents is 1. The van der Waals surface area contributed by atoms with E-state index in [2.05, 4.69) is 12.2 Å². The van der Waals surface area contributed by atoms with Gasteiger partial charge in [0.05, 0.1) is 7.11 Å². The van der Waals surface area contributed by atoms with Gasteiger partial charge in [0.15, 0.2) is 11.5 Å². The van der Waals surface area contributed by atoms with Crippen LogP contribution in [-0.4, -0.2) is 18.3 Å². The molecule has 1 aliphatic rings. The third kappa shape index (κ3) is 2.91. The molecule has 2 unspecified atom stereocenters. The van der Waals surface area contributed by atoms with Crippen LogP contribution in [0.25, 0.3) is 0 Å². The Balaban J connectivity index is 1.95. The van der Waals surface area contributed by atoms with Crippen molar-refractivity contribution in [3.8, 4) is 11.5 Å². The highest BCUT2D eigenvalue weighted by atomic mass is 16.5. The molecule has 0 amide bonds. The third-order valence-corrected chi connectivity index (χ3v) is 3.58. The number of benzene rings is 1. The Kier molecular flexibility index (Phi) is 3.89. The molecule has 2 rings (SSSR count). The minimum atomic E-state index is 0.258. The number of hydrogen-bond donors (Lipinski definition) is 2. The lowest BCUT2D eigenvalue weighted by atomic mass is 10.1. The van der Waals surface area contributed by atoms with Crippen molar-refractivity contribution in [2.75, 3.05) is 7.11 Å². The van der Waals surface area contributed by atoms with Gasteiger partial charge in [-0.05, 0) is 31.2 Å². The van der Waals surface area contributed by atoms with Gasteiger partial charge < -0.3 is 15.2 Å². The maximum absolute atomic E-state index is 9.95. The first-order chi connectivity index (χ1) is 8.20. The predicted molar refractivity (Wildman–Crippen MR) is 68.3 cm³/mol. The molecule has 1 fully saturated rings. The van der Waals surface area contributed by atoms with E-state index in [0.29, 0.717) is 18.3 Å². The standard InChI is InChI=1S/C14H21NO2/c1-10-6-7-12(8-10)15-9-11-4-3-5-13(17-2)14(11)16/h3-5,10,12,15-16H,6-9H2,1-2H3. The van der Waals surface area contributed by atoms with Crippen molar-refractivity contribution >= 4 is 0 Å². The van der Waals surface area contributed by atoms with E-state index in [9.17, 15) is 5.11 Å². The summed E-state index contributed by atoms with van der Waals surface area (Å²) in [7, 11) is 1.57. The van der Waals surface area contributed by atoms with E-state index in [4.69, 9.17) is 4.74 Å². The van der Waals surface area contributed by atoms with Crippen molar-refractivity contribution < 1.29 is 9.84 Å². The van der Waals surface area contributed by atoms with E-state index in [0.717, 1.165) is 11.5 Å². The molecule has 1 saturated carbocycles. The van der Waals surface area contributed by atoms with Gasteiger partial charge in [0.1, 0.15) is 0 Å². The number of phenols is 1. The Morgan fingerprint density at radius 3 is 2.88 bits per heavy atom. The Morgan fingerprint density at radius 2 is 2.24 bits per heavy atom. The molecular weight excluding hydrogens is 214 g/mol. The van der Waals surface area contributed by atoms with Crippen LogP contribution in [0.2, 0.25) is 0 Å². The van der Waals surface area contributed by atoms with Gasteiger partial charge >= 0.3 is 0 Å². The normalized spacial score (nSPS) is 23.9. The Labute approximate surface area is 103 Å². The molecule has 17 heavy (non-hydrogen) atoms. The fourth-order valence-corrected chi connectivity index (χ4v) is 2.52. The summed E-state index contributed by atoms with van der Waals surface area (Å²) >= 11 is 0. The molecule has 1 aromatic rings. The molecule has 2 N–H and O–H groups in total. The second-order valence-electron chi connectivity index (χ2n) is 4.96. The first kappa shape index (κ1) is 12.2. The number of methoxy groups -OCH3 is 1. The molecule has 0 aliphatic heterocycles. The number of rotatable bonds is 4. The highest BCUT2D eigenvalue weighted by Gasteiger charge is 2.20. The molecule has 94 valence electrons. The van der Waals surface area contributed by atoms with Crippen molar-refractivity contribution in [1.29, 1.82) is 0 Å². The van der Waals surface area contributed by atoms with Gasteiger partial charge in [-0.25, -0.2) is 0 Å². The highest BCUT2D eigenvalue weighted by Crippen LogP contribution is 2.30. The Hall–Kier alpha value is -1.22. The molecule has 1 aliphatic carbocycles. The van der Waals surface area contributed by atoms with E-state index in [1.54, 1.807) is 13.2 Å². The summed E-state index contributed by atoms with van der Waals surface area (Å²) in [5.74, 6) is 1.63. The zero-order valence-corrected chi connectivity index (χ0v) is 10.6. The molecular formula is C14H21NO2. The lowest BCUT2D eigenvalue weighted by Gasteiger charge is -2.14. The van der Waals surface area contributed by atoms with E-state index in [-0.39, 0.29) is 5.75 Å². The molecule has 3 heteroatoms. The predicted octanol–water partition coefficient (Wildman–Crippen LogP) is 2.68.